The number of ketones is 1. The molecule has 0 spiro atoms. The maximum absolute atomic E-state index is 12.9. The molecule has 0 aliphatic carbocycles. The van der Waals surface area contributed by atoms with Crippen LogP contribution in [0.5, 0.6) is 5.75 Å². The first-order chi connectivity index (χ1) is 13.5. The number of benzene rings is 1. The Labute approximate surface area is 167 Å². The zero-order chi connectivity index (χ0) is 21.8. The van der Waals surface area contributed by atoms with Crippen molar-refractivity contribution in [2.75, 3.05) is 0 Å². The number of Topliss-reactive ketones (excluding diaryl/α,β-unsaturated/α-hetero) is 1. The minimum atomic E-state index is -5.00. The zero-order valence-corrected chi connectivity index (χ0v) is 15.5. The van der Waals surface area contributed by atoms with Gasteiger partial charge in [0.2, 0.25) is 5.78 Å². The first-order valence-electron chi connectivity index (χ1n) is 7.73. The average Bonchev–Trinajstić information content (AvgIpc) is 2.59. The van der Waals surface area contributed by atoms with Crippen LogP contribution in [0.3, 0.4) is 0 Å². The molecule has 29 heavy (non-hydrogen) atoms. The molecule has 1 unspecified atom stereocenters. The maximum atomic E-state index is 12.9. The number of rotatable bonds is 5. The van der Waals surface area contributed by atoms with Gasteiger partial charge in [0.15, 0.2) is 0 Å². The highest BCUT2D eigenvalue weighted by Gasteiger charge is 2.35. The molecule has 1 aromatic carbocycles. The summed E-state index contributed by atoms with van der Waals surface area (Å²) in [5.41, 5.74) is -0.461. The van der Waals surface area contributed by atoms with Crippen LogP contribution in [0.25, 0.3) is 0 Å². The third kappa shape index (κ3) is 5.79. The lowest BCUT2D eigenvalue weighted by molar-refractivity contribution is -0.274. The van der Waals surface area contributed by atoms with Crippen LogP contribution in [-0.4, -0.2) is 29.1 Å². The molecule has 0 amide bonds. The number of pyridine rings is 1. The van der Waals surface area contributed by atoms with Gasteiger partial charge in [-0.15, -0.1) is 25.8 Å². The van der Waals surface area contributed by atoms with Gasteiger partial charge in [-0.3, -0.25) is 19.4 Å². The van der Waals surface area contributed by atoms with E-state index < -0.39 is 35.8 Å². The SMILES string of the molecule is CC(=O)OC(=O)C(C(=O)c1ncc(C#N)cc1S)c1cccc(OC(F)(F)F)c1. The predicted molar refractivity (Wildman–Crippen MR) is 93.2 cm³/mol. The average molecular weight is 424 g/mol. The summed E-state index contributed by atoms with van der Waals surface area (Å²) >= 11 is 4.06. The summed E-state index contributed by atoms with van der Waals surface area (Å²) in [4.78, 5) is 40.2. The number of carbonyl (C=O) groups excluding carboxylic acids is 3. The van der Waals surface area contributed by atoms with Crippen LogP contribution in [0, 0.1) is 11.3 Å². The van der Waals surface area contributed by atoms with Gasteiger partial charge in [0, 0.05) is 18.0 Å². The molecule has 0 saturated carbocycles. The van der Waals surface area contributed by atoms with Crippen LogP contribution in [0.1, 0.15) is 34.5 Å². The number of ether oxygens (including phenoxy) is 2. The Morgan fingerprint density at radius 1 is 1.24 bits per heavy atom. The van der Waals surface area contributed by atoms with Crippen molar-refractivity contribution in [2.45, 2.75) is 24.1 Å². The molecule has 0 saturated heterocycles. The summed E-state index contributed by atoms with van der Waals surface area (Å²) in [5, 5.41) is 8.86. The molecule has 0 bridgehead atoms. The highest BCUT2D eigenvalue weighted by atomic mass is 32.1. The maximum Gasteiger partial charge on any atom is 0.573 e. The Morgan fingerprint density at radius 2 is 1.93 bits per heavy atom. The number of alkyl halides is 3. The number of halogens is 3. The van der Waals surface area contributed by atoms with E-state index in [0.29, 0.717) is 0 Å². The number of aromatic nitrogens is 1. The van der Waals surface area contributed by atoms with Crippen LogP contribution in [0.4, 0.5) is 13.2 Å². The molecule has 2 aromatic rings. The Kier molecular flexibility index (Phi) is 6.60. The van der Waals surface area contributed by atoms with Gasteiger partial charge in [0.05, 0.1) is 5.56 Å². The minimum Gasteiger partial charge on any atom is -0.406 e. The molecule has 0 aliphatic rings. The molecule has 0 radical (unpaired) electrons. The third-order valence-corrected chi connectivity index (χ3v) is 3.74. The molecule has 7 nitrogen and oxygen atoms in total. The second-order valence-corrected chi connectivity index (χ2v) is 6.02. The number of carbonyl (C=O) groups is 3. The van der Waals surface area contributed by atoms with Gasteiger partial charge < -0.3 is 9.47 Å². The summed E-state index contributed by atoms with van der Waals surface area (Å²) < 4.78 is 45.7. The van der Waals surface area contributed by atoms with E-state index in [1.165, 1.54) is 12.1 Å². The lowest BCUT2D eigenvalue weighted by Gasteiger charge is -2.16. The molecular formula is C18H11F3N2O5S. The molecule has 0 N–H and O–H groups in total. The van der Waals surface area contributed by atoms with Gasteiger partial charge in [-0.25, -0.2) is 0 Å². The van der Waals surface area contributed by atoms with Gasteiger partial charge in [0.25, 0.3) is 0 Å². The number of nitriles is 1. The van der Waals surface area contributed by atoms with Crippen molar-refractivity contribution in [3.05, 3.63) is 53.3 Å². The zero-order valence-electron chi connectivity index (χ0n) is 14.6. The smallest absolute Gasteiger partial charge is 0.406 e. The van der Waals surface area contributed by atoms with Crippen LogP contribution >= 0.6 is 12.6 Å². The number of thiol groups is 1. The first kappa shape index (κ1) is 21.9. The quantitative estimate of drug-likeness (QED) is 0.340. The van der Waals surface area contributed by atoms with Crippen LogP contribution in [0.15, 0.2) is 41.4 Å². The Balaban J connectivity index is 2.52. The molecule has 2 rings (SSSR count). The van der Waals surface area contributed by atoms with Gasteiger partial charge >= 0.3 is 18.3 Å². The molecular weight excluding hydrogens is 413 g/mol. The fraction of sp³-hybridized carbons (Fsp3) is 0.167. The molecule has 150 valence electrons. The number of hydrogen-bond acceptors (Lipinski definition) is 8. The Bertz CT molecular complexity index is 1020. The predicted octanol–water partition coefficient (Wildman–Crippen LogP) is 3.20. The Hall–Kier alpha value is -3.39. The van der Waals surface area contributed by atoms with Crippen LogP contribution in [-0.2, 0) is 14.3 Å². The summed E-state index contributed by atoms with van der Waals surface area (Å²) in [6.07, 6.45) is -3.94. The van der Waals surface area contributed by atoms with E-state index in [1.807, 2.05) is 0 Å². The van der Waals surface area contributed by atoms with Crippen molar-refractivity contribution in [3.8, 4) is 11.8 Å². The van der Waals surface area contributed by atoms with E-state index in [1.54, 1.807) is 6.07 Å². The lowest BCUT2D eigenvalue weighted by Crippen LogP contribution is -2.27. The van der Waals surface area contributed by atoms with Crippen molar-refractivity contribution in [3.63, 3.8) is 0 Å². The van der Waals surface area contributed by atoms with Crippen molar-refractivity contribution < 1.29 is 37.0 Å². The summed E-state index contributed by atoms with van der Waals surface area (Å²) in [6.45, 7) is 0.923. The van der Waals surface area contributed by atoms with Gasteiger partial charge in [-0.05, 0) is 23.8 Å². The first-order valence-corrected chi connectivity index (χ1v) is 8.18. The monoisotopic (exact) mass is 424 g/mol. The normalized spacial score (nSPS) is 11.9. The second-order valence-electron chi connectivity index (χ2n) is 5.53. The summed E-state index contributed by atoms with van der Waals surface area (Å²) in [7, 11) is 0. The number of nitrogens with zero attached hydrogens (tertiary/aromatic N) is 2. The lowest BCUT2D eigenvalue weighted by atomic mass is 9.92. The van der Waals surface area contributed by atoms with Crippen molar-refractivity contribution >= 4 is 30.4 Å². The standard InChI is InChI=1S/C18H11F3N2O5S/c1-9(24)27-17(26)14(11-3-2-4-12(6-11)28-18(19,20)21)16(25)15-13(29)5-10(7-22)8-23-15/h2-6,8,14,29H,1H3. The highest BCUT2D eigenvalue weighted by Crippen LogP contribution is 2.30. The Morgan fingerprint density at radius 3 is 2.48 bits per heavy atom. The van der Waals surface area contributed by atoms with Crippen LogP contribution in [0.2, 0.25) is 0 Å². The minimum absolute atomic E-state index is 0.0441. The van der Waals surface area contributed by atoms with E-state index in [-0.39, 0.29) is 21.7 Å². The molecule has 0 aliphatic heterocycles. The summed E-state index contributed by atoms with van der Waals surface area (Å²) in [5.74, 6) is -5.82. The number of esters is 2. The molecule has 1 heterocycles. The van der Waals surface area contributed by atoms with E-state index in [2.05, 4.69) is 27.1 Å². The van der Waals surface area contributed by atoms with Crippen LogP contribution < -0.4 is 4.74 Å². The van der Waals surface area contributed by atoms with Gasteiger partial charge in [-0.1, -0.05) is 12.1 Å². The van der Waals surface area contributed by atoms with E-state index in [4.69, 9.17) is 5.26 Å². The fourth-order valence-electron chi connectivity index (χ4n) is 2.33. The van der Waals surface area contributed by atoms with E-state index in [9.17, 15) is 27.6 Å². The second kappa shape index (κ2) is 8.74. The summed E-state index contributed by atoms with van der Waals surface area (Å²) in [6, 6.07) is 7.12. The topological polar surface area (TPSA) is 106 Å². The fourth-order valence-corrected chi connectivity index (χ4v) is 2.63. The van der Waals surface area contributed by atoms with Crippen molar-refractivity contribution in [1.29, 1.82) is 5.26 Å². The van der Waals surface area contributed by atoms with E-state index >= 15 is 0 Å². The molecule has 1 atom stereocenters. The molecule has 0 fully saturated rings. The van der Waals surface area contributed by atoms with Gasteiger partial charge in [-0.2, -0.15) is 5.26 Å². The number of hydrogen-bond donors (Lipinski definition) is 1. The van der Waals surface area contributed by atoms with E-state index in [0.717, 1.165) is 31.3 Å². The third-order valence-electron chi connectivity index (χ3n) is 3.40. The largest absolute Gasteiger partial charge is 0.573 e. The van der Waals surface area contributed by atoms with Gasteiger partial charge in [0.1, 0.15) is 23.4 Å². The highest BCUT2D eigenvalue weighted by molar-refractivity contribution is 7.80. The molecule has 1 aromatic heterocycles. The van der Waals surface area contributed by atoms with Crippen molar-refractivity contribution in [1.82, 2.24) is 4.98 Å². The van der Waals surface area contributed by atoms with Crippen molar-refractivity contribution in [2.24, 2.45) is 0 Å². The molecule has 11 heteroatoms.